The van der Waals surface area contributed by atoms with Crippen LogP contribution in [0.1, 0.15) is 16.8 Å². The normalized spacial score (nSPS) is 15.1. The molecular formula is C25H18BrN3O3. The van der Waals surface area contributed by atoms with Gasteiger partial charge in [-0.15, -0.1) is 0 Å². The molecular weight excluding hydrogens is 470 g/mol. The van der Waals surface area contributed by atoms with Gasteiger partial charge in [-0.05, 0) is 35.4 Å². The molecule has 158 valence electrons. The molecule has 0 aliphatic carbocycles. The van der Waals surface area contributed by atoms with Crippen LogP contribution in [0.2, 0.25) is 0 Å². The molecule has 5 rings (SSSR count). The number of nitrogens with one attached hydrogen (secondary N) is 1. The Kier molecular flexibility index (Phi) is 5.11. The zero-order valence-corrected chi connectivity index (χ0v) is 18.5. The van der Waals surface area contributed by atoms with Crippen molar-refractivity contribution in [3.8, 4) is 11.5 Å². The van der Waals surface area contributed by atoms with Crippen LogP contribution in [-0.2, 0) is 16.9 Å². The number of oxazole rings is 1. The summed E-state index contributed by atoms with van der Waals surface area (Å²) in [7, 11) is 0. The number of nitrogens with zero attached hydrogens (tertiary/aromatic N) is 2. The number of hydrogen-bond acceptors (Lipinski definition) is 4. The van der Waals surface area contributed by atoms with Gasteiger partial charge in [-0.3, -0.25) is 9.69 Å². The van der Waals surface area contributed by atoms with Crippen LogP contribution in [0.3, 0.4) is 0 Å². The number of hydrogen-bond donors (Lipinski definition) is 1. The van der Waals surface area contributed by atoms with Gasteiger partial charge >= 0.3 is 6.03 Å². The number of benzene rings is 3. The first-order valence-electron chi connectivity index (χ1n) is 10.0. The topological polar surface area (TPSA) is 75.4 Å². The summed E-state index contributed by atoms with van der Waals surface area (Å²) >= 11 is 3.40. The van der Waals surface area contributed by atoms with Gasteiger partial charge in [0.1, 0.15) is 6.26 Å². The van der Waals surface area contributed by atoms with Gasteiger partial charge in [0.25, 0.3) is 5.91 Å². The minimum Gasteiger partial charge on any atom is -0.444 e. The molecule has 1 aliphatic rings. The Morgan fingerprint density at radius 3 is 2.06 bits per heavy atom. The molecule has 1 N–H and O–H groups in total. The van der Waals surface area contributed by atoms with E-state index >= 15 is 0 Å². The maximum Gasteiger partial charge on any atom is 0.325 e. The molecule has 1 saturated heterocycles. The molecule has 1 fully saturated rings. The van der Waals surface area contributed by atoms with Crippen molar-refractivity contribution in [1.29, 1.82) is 0 Å². The van der Waals surface area contributed by atoms with Crippen molar-refractivity contribution in [2.45, 2.75) is 12.1 Å². The molecule has 0 unspecified atom stereocenters. The molecule has 7 heteroatoms. The van der Waals surface area contributed by atoms with Gasteiger partial charge in [-0.2, -0.15) is 0 Å². The molecule has 0 saturated carbocycles. The minimum absolute atomic E-state index is 0.00606. The van der Waals surface area contributed by atoms with E-state index < -0.39 is 11.6 Å². The van der Waals surface area contributed by atoms with Gasteiger partial charge in [-0.25, -0.2) is 9.78 Å². The third kappa shape index (κ3) is 3.40. The fourth-order valence-electron chi connectivity index (χ4n) is 3.92. The zero-order chi connectivity index (χ0) is 22.1. The monoisotopic (exact) mass is 487 g/mol. The van der Waals surface area contributed by atoms with Crippen molar-refractivity contribution in [3.63, 3.8) is 0 Å². The fourth-order valence-corrected chi connectivity index (χ4v) is 4.18. The second-order valence-electron chi connectivity index (χ2n) is 7.45. The van der Waals surface area contributed by atoms with Crippen molar-refractivity contribution in [2.75, 3.05) is 0 Å². The predicted octanol–water partition coefficient (Wildman–Crippen LogP) is 5.10. The summed E-state index contributed by atoms with van der Waals surface area (Å²) in [6.45, 7) is 0.00606. The number of urea groups is 1. The summed E-state index contributed by atoms with van der Waals surface area (Å²) in [5, 5.41) is 2.94. The SMILES string of the molecule is O=C1NC(c2ccccc2)(c2ccccc2)C(=O)N1Cc1coc(-c2ccc(Br)cc2)n1. The summed E-state index contributed by atoms with van der Waals surface area (Å²) in [4.78, 5) is 32.4. The second kappa shape index (κ2) is 8.09. The van der Waals surface area contributed by atoms with E-state index in [9.17, 15) is 9.59 Å². The van der Waals surface area contributed by atoms with Gasteiger partial charge in [0.15, 0.2) is 5.54 Å². The van der Waals surface area contributed by atoms with Crippen LogP contribution in [0.15, 0.2) is 100 Å². The minimum atomic E-state index is -1.29. The molecule has 2 heterocycles. The van der Waals surface area contributed by atoms with Crippen molar-refractivity contribution in [3.05, 3.63) is 112 Å². The smallest absolute Gasteiger partial charge is 0.325 e. The Labute approximate surface area is 193 Å². The maximum absolute atomic E-state index is 13.7. The van der Waals surface area contributed by atoms with Crippen molar-refractivity contribution >= 4 is 27.9 Å². The maximum atomic E-state index is 13.7. The number of aromatic nitrogens is 1. The summed E-state index contributed by atoms with van der Waals surface area (Å²) in [6, 6.07) is 25.6. The Hall–Kier alpha value is -3.71. The van der Waals surface area contributed by atoms with E-state index in [1.807, 2.05) is 84.9 Å². The van der Waals surface area contributed by atoms with Gasteiger partial charge < -0.3 is 9.73 Å². The van der Waals surface area contributed by atoms with Crippen LogP contribution >= 0.6 is 15.9 Å². The molecule has 0 spiro atoms. The summed E-state index contributed by atoms with van der Waals surface area (Å²) in [5.41, 5.74) is 1.39. The Bertz CT molecular complexity index is 1230. The van der Waals surface area contributed by atoms with Crippen LogP contribution in [-0.4, -0.2) is 21.8 Å². The van der Waals surface area contributed by atoms with E-state index in [1.165, 1.54) is 11.2 Å². The van der Waals surface area contributed by atoms with Crippen LogP contribution in [0.25, 0.3) is 11.5 Å². The standard InChI is InChI=1S/C25H18BrN3O3/c26-20-13-11-17(12-14-20)22-27-21(16-32-22)15-29-23(30)25(28-24(29)31,18-7-3-1-4-8-18)19-9-5-2-6-10-19/h1-14,16H,15H2,(H,28,31). The molecule has 1 aliphatic heterocycles. The average Bonchev–Trinajstić information content (AvgIpc) is 3.40. The van der Waals surface area contributed by atoms with E-state index in [-0.39, 0.29) is 12.5 Å². The largest absolute Gasteiger partial charge is 0.444 e. The van der Waals surface area contributed by atoms with Crippen LogP contribution in [0, 0.1) is 0 Å². The Morgan fingerprint density at radius 1 is 0.875 bits per heavy atom. The van der Waals surface area contributed by atoms with E-state index in [0.29, 0.717) is 22.7 Å². The number of carbonyl (C=O) groups excluding carboxylic acids is 2. The highest BCUT2D eigenvalue weighted by atomic mass is 79.9. The van der Waals surface area contributed by atoms with E-state index in [2.05, 4.69) is 26.2 Å². The number of halogens is 1. The van der Waals surface area contributed by atoms with Crippen LogP contribution < -0.4 is 5.32 Å². The first-order chi connectivity index (χ1) is 15.6. The zero-order valence-electron chi connectivity index (χ0n) is 16.9. The highest BCUT2D eigenvalue weighted by molar-refractivity contribution is 9.10. The average molecular weight is 488 g/mol. The number of imide groups is 1. The molecule has 6 nitrogen and oxygen atoms in total. The van der Waals surface area contributed by atoms with Crippen molar-refractivity contribution in [1.82, 2.24) is 15.2 Å². The summed E-state index contributed by atoms with van der Waals surface area (Å²) < 4.78 is 6.55. The van der Waals surface area contributed by atoms with E-state index in [4.69, 9.17) is 4.42 Å². The lowest BCUT2D eigenvalue weighted by molar-refractivity contribution is -0.130. The molecule has 4 aromatic rings. The molecule has 32 heavy (non-hydrogen) atoms. The van der Waals surface area contributed by atoms with Crippen molar-refractivity contribution in [2.24, 2.45) is 0 Å². The molecule has 0 atom stereocenters. The third-order valence-electron chi connectivity index (χ3n) is 5.48. The Morgan fingerprint density at radius 2 is 1.47 bits per heavy atom. The van der Waals surface area contributed by atoms with Gasteiger partial charge in [0.05, 0.1) is 12.2 Å². The molecule has 1 aromatic heterocycles. The van der Waals surface area contributed by atoms with Crippen LogP contribution in [0.4, 0.5) is 4.79 Å². The fraction of sp³-hybridized carbons (Fsp3) is 0.0800. The molecule has 0 radical (unpaired) electrons. The highest BCUT2D eigenvalue weighted by Gasteiger charge is 2.53. The lowest BCUT2D eigenvalue weighted by Gasteiger charge is -2.27. The van der Waals surface area contributed by atoms with Gasteiger partial charge in [0.2, 0.25) is 5.89 Å². The lowest BCUT2D eigenvalue weighted by Crippen LogP contribution is -2.45. The third-order valence-corrected chi connectivity index (χ3v) is 6.01. The lowest BCUT2D eigenvalue weighted by atomic mass is 9.82. The highest BCUT2D eigenvalue weighted by Crippen LogP contribution is 2.36. The first kappa shape index (κ1) is 20.2. The van der Waals surface area contributed by atoms with E-state index in [0.717, 1.165) is 10.0 Å². The number of carbonyl (C=O) groups is 2. The molecule has 3 aromatic carbocycles. The number of amides is 3. The molecule has 3 amide bonds. The van der Waals surface area contributed by atoms with Gasteiger partial charge in [0, 0.05) is 10.0 Å². The second-order valence-corrected chi connectivity index (χ2v) is 8.37. The van der Waals surface area contributed by atoms with Crippen LogP contribution in [0.5, 0.6) is 0 Å². The van der Waals surface area contributed by atoms with E-state index in [1.54, 1.807) is 0 Å². The quantitative estimate of drug-likeness (QED) is 0.397. The summed E-state index contributed by atoms with van der Waals surface area (Å²) in [6.07, 6.45) is 1.48. The van der Waals surface area contributed by atoms with Gasteiger partial charge in [-0.1, -0.05) is 76.6 Å². The number of rotatable bonds is 5. The summed E-state index contributed by atoms with van der Waals surface area (Å²) in [5.74, 6) is 0.0741. The Balaban J connectivity index is 1.48. The molecule has 0 bridgehead atoms. The van der Waals surface area contributed by atoms with Crippen molar-refractivity contribution < 1.29 is 14.0 Å². The predicted molar refractivity (Wildman–Crippen MR) is 122 cm³/mol. The first-order valence-corrected chi connectivity index (χ1v) is 10.8.